The fourth-order valence-electron chi connectivity index (χ4n) is 2.81. The number of halogens is 2. The molecule has 0 unspecified atom stereocenters. The van der Waals surface area contributed by atoms with E-state index >= 15 is 0 Å². The van der Waals surface area contributed by atoms with E-state index in [9.17, 15) is 28.4 Å². The van der Waals surface area contributed by atoms with Gasteiger partial charge in [0.2, 0.25) is 11.8 Å². The van der Waals surface area contributed by atoms with Gasteiger partial charge in [0.05, 0.1) is 12.2 Å². The number of nitriles is 1. The molecule has 3 aromatic rings. The number of pyridine rings is 1. The van der Waals surface area contributed by atoms with E-state index in [2.05, 4.69) is 10.3 Å². The molecule has 0 radical (unpaired) electrons. The van der Waals surface area contributed by atoms with Gasteiger partial charge in [0.25, 0.3) is 5.91 Å². The quantitative estimate of drug-likeness (QED) is 0.298. The van der Waals surface area contributed by atoms with Crippen LogP contribution in [0.1, 0.15) is 22.5 Å². The van der Waals surface area contributed by atoms with E-state index in [-0.39, 0.29) is 18.0 Å². The van der Waals surface area contributed by atoms with Gasteiger partial charge in [0.15, 0.2) is 23.6 Å². The molecule has 0 saturated carbocycles. The Morgan fingerprint density at radius 1 is 1.09 bits per heavy atom. The van der Waals surface area contributed by atoms with Gasteiger partial charge < -0.3 is 15.8 Å². The van der Waals surface area contributed by atoms with E-state index in [1.807, 2.05) is 0 Å². The minimum Gasteiger partial charge on any atom is -0.454 e. The maximum atomic E-state index is 14.5. The van der Waals surface area contributed by atoms with Gasteiger partial charge in [-0.3, -0.25) is 19.4 Å². The Morgan fingerprint density at radius 3 is 2.50 bits per heavy atom. The van der Waals surface area contributed by atoms with Gasteiger partial charge in [-0.25, -0.2) is 13.7 Å². The maximum absolute atomic E-state index is 14.5. The van der Waals surface area contributed by atoms with Crippen molar-refractivity contribution >= 4 is 23.4 Å². The number of hydrogen-bond acceptors (Lipinski definition) is 6. The lowest BCUT2D eigenvalue weighted by atomic mass is 10.2. The summed E-state index contributed by atoms with van der Waals surface area (Å²) in [6.07, 6.45) is 2.15. The first-order valence-corrected chi connectivity index (χ1v) is 9.73. The van der Waals surface area contributed by atoms with Crippen molar-refractivity contribution in [2.45, 2.75) is 13.0 Å². The highest BCUT2D eigenvalue weighted by atomic mass is 19.1. The van der Waals surface area contributed by atoms with Crippen molar-refractivity contribution in [1.29, 1.82) is 5.26 Å². The van der Waals surface area contributed by atoms with Gasteiger partial charge in [-0.2, -0.15) is 5.26 Å². The minimum atomic E-state index is -1.04. The van der Waals surface area contributed by atoms with E-state index in [1.54, 1.807) is 36.5 Å². The highest BCUT2D eigenvalue weighted by Gasteiger charge is 2.20. The fourth-order valence-corrected chi connectivity index (χ4v) is 2.81. The summed E-state index contributed by atoms with van der Waals surface area (Å²) < 4.78 is 34.1. The molecule has 11 heteroatoms. The number of ether oxygens (including phenoxy) is 1. The average Bonchev–Trinajstić information content (AvgIpc) is 2.81. The van der Waals surface area contributed by atoms with Crippen LogP contribution < -0.4 is 15.8 Å². The van der Waals surface area contributed by atoms with Crippen molar-refractivity contribution < 1.29 is 27.9 Å². The monoisotopic (exact) mass is 465 g/mol. The van der Waals surface area contributed by atoms with Gasteiger partial charge >= 0.3 is 0 Å². The third-order valence-electron chi connectivity index (χ3n) is 4.42. The van der Waals surface area contributed by atoms with Crippen molar-refractivity contribution in [3.63, 3.8) is 0 Å². The highest BCUT2D eigenvalue weighted by Crippen LogP contribution is 2.29. The molecule has 0 saturated heterocycles. The minimum absolute atomic E-state index is 0.0144. The first-order valence-electron chi connectivity index (χ1n) is 9.73. The van der Waals surface area contributed by atoms with Crippen LogP contribution in [-0.2, 0) is 16.1 Å². The number of carbonyl (C=O) groups excluding carboxylic acids is 3. The van der Waals surface area contributed by atoms with Crippen molar-refractivity contribution in [2.24, 2.45) is 5.73 Å². The number of nitrogens with one attached hydrogen (secondary N) is 1. The molecule has 2 aromatic carbocycles. The molecule has 0 atom stereocenters. The molecule has 3 N–H and O–H groups in total. The van der Waals surface area contributed by atoms with Crippen molar-refractivity contribution in [1.82, 2.24) is 9.88 Å². The average molecular weight is 465 g/mol. The molecule has 34 heavy (non-hydrogen) atoms. The molecule has 3 rings (SSSR count). The van der Waals surface area contributed by atoms with Crippen LogP contribution in [0, 0.1) is 23.1 Å². The second-order valence-corrected chi connectivity index (χ2v) is 6.90. The number of anilines is 1. The lowest BCUT2D eigenvalue weighted by molar-refractivity contribution is -0.132. The van der Waals surface area contributed by atoms with Gasteiger partial charge in [0.1, 0.15) is 17.9 Å². The van der Waals surface area contributed by atoms with Gasteiger partial charge in [-0.1, -0.05) is 30.3 Å². The summed E-state index contributed by atoms with van der Waals surface area (Å²) in [6.45, 7) is -0.0368. The third kappa shape index (κ3) is 6.10. The summed E-state index contributed by atoms with van der Waals surface area (Å²) in [5, 5.41) is 11.3. The SMILES string of the molecule is N#CN(Cc1ccccc1)C(=O)CC(=O)Nc1cc(F)c(Oc2ccnc(C(N)=O)c2)cc1F. The Morgan fingerprint density at radius 2 is 1.82 bits per heavy atom. The molecule has 0 aliphatic heterocycles. The summed E-state index contributed by atoms with van der Waals surface area (Å²) in [6, 6.07) is 12.5. The van der Waals surface area contributed by atoms with Crippen molar-refractivity contribution in [3.8, 4) is 17.7 Å². The topological polar surface area (TPSA) is 138 Å². The lowest BCUT2D eigenvalue weighted by Crippen LogP contribution is -2.29. The lowest BCUT2D eigenvalue weighted by Gasteiger charge is -2.14. The number of aromatic nitrogens is 1. The number of rotatable bonds is 8. The van der Waals surface area contributed by atoms with Crippen LogP contribution in [0.25, 0.3) is 0 Å². The first kappa shape index (κ1) is 23.8. The van der Waals surface area contributed by atoms with Crippen LogP contribution in [0.4, 0.5) is 14.5 Å². The number of benzene rings is 2. The van der Waals surface area contributed by atoms with Gasteiger partial charge in [0, 0.05) is 24.4 Å². The molecule has 0 spiro atoms. The molecule has 0 fully saturated rings. The van der Waals surface area contributed by atoms with E-state index in [4.69, 9.17) is 10.5 Å². The summed E-state index contributed by atoms with van der Waals surface area (Å²) >= 11 is 0. The van der Waals surface area contributed by atoms with Crippen LogP contribution in [0.15, 0.2) is 60.8 Å². The van der Waals surface area contributed by atoms with E-state index < -0.39 is 47.2 Å². The zero-order valence-corrected chi connectivity index (χ0v) is 17.5. The first-order chi connectivity index (χ1) is 16.3. The number of primary amides is 1. The fraction of sp³-hybridized carbons (Fsp3) is 0.0870. The number of amides is 3. The zero-order chi connectivity index (χ0) is 24.7. The molecule has 9 nitrogen and oxygen atoms in total. The Kier molecular flexibility index (Phi) is 7.45. The molecule has 1 aromatic heterocycles. The Balaban J connectivity index is 1.66. The largest absolute Gasteiger partial charge is 0.454 e. The third-order valence-corrected chi connectivity index (χ3v) is 4.42. The van der Waals surface area contributed by atoms with E-state index in [0.29, 0.717) is 17.7 Å². The molecular formula is C23H17F2N5O4. The molecule has 0 aliphatic carbocycles. The number of hydrogen-bond donors (Lipinski definition) is 2. The Hall–Kier alpha value is -4.85. The van der Waals surface area contributed by atoms with E-state index in [1.165, 1.54) is 12.3 Å². The normalized spacial score (nSPS) is 10.1. The predicted molar refractivity (Wildman–Crippen MR) is 115 cm³/mol. The van der Waals surface area contributed by atoms with Crippen molar-refractivity contribution in [2.75, 3.05) is 5.32 Å². The molecule has 172 valence electrons. The van der Waals surface area contributed by atoms with E-state index in [0.717, 1.165) is 11.0 Å². The summed E-state index contributed by atoms with van der Waals surface area (Å²) in [5.74, 6) is -5.18. The second kappa shape index (κ2) is 10.6. The van der Waals surface area contributed by atoms with Crippen LogP contribution in [-0.4, -0.2) is 27.6 Å². The van der Waals surface area contributed by atoms with Crippen LogP contribution >= 0.6 is 0 Å². The van der Waals surface area contributed by atoms with Crippen LogP contribution in [0.5, 0.6) is 11.5 Å². The molecule has 0 aliphatic rings. The summed E-state index contributed by atoms with van der Waals surface area (Å²) in [4.78, 5) is 40.2. The summed E-state index contributed by atoms with van der Waals surface area (Å²) in [7, 11) is 0. The maximum Gasteiger partial charge on any atom is 0.267 e. The van der Waals surface area contributed by atoms with Crippen LogP contribution in [0.3, 0.4) is 0 Å². The number of nitrogens with two attached hydrogens (primary N) is 1. The predicted octanol–water partition coefficient (Wildman–Crippen LogP) is 3.09. The van der Waals surface area contributed by atoms with Gasteiger partial charge in [-0.15, -0.1) is 0 Å². The number of nitrogens with zero attached hydrogens (tertiary/aromatic N) is 3. The smallest absolute Gasteiger partial charge is 0.267 e. The highest BCUT2D eigenvalue weighted by molar-refractivity contribution is 6.04. The molecule has 3 amide bonds. The van der Waals surface area contributed by atoms with Gasteiger partial charge in [-0.05, 0) is 11.6 Å². The summed E-state index contributed by atoms with van der Waals surface area (Å²) in [5.41, 5.74) is 5.14. The number of carbonyl (C=O) groups is 3. The standard InChI is InChI=1S/C23H17F2N5O4/c24-16-10-20(34-15-6-7-28-19(8-15)23(27)33)17(25)9-18(16)29-21(31)11-22(32)30(13-26)12-14-4-2-1-3-5-14/h1-10H,11-12H2,(H2,27,33)(H,29,31). The van der Waals surface area contributed by atoms with Crippen molar-refractivity contribution in [3.05, 3.63) is 83.7 Å². The molecule has 0 bridgehead atoms. The Labute approximate surface area is 192 Å². The molecule has 1 heterocycles. The van der Waals surface area contributed by atoms with Crippen LogP contribution in [0.2, 0.25) is 0 Å². The molecular weight excluding hydrogens is 448 g/mol. The zero-order valence-electron chi connectivity index (χ0n) is 17.5. The second-order valence-electron chi connectivity index (χ2n) is 6.90. The Bertz CT molecular complexity index is 1280.